The van der Waals surface area contributed by atoms with Gasteiger partial charge in [0.25, 0.3) is 0 Å². The van der Waals surface area contributed by atoms with Crippen LogP contribution in [0.1, 0.15) is 17.2 Å². The van der Waals surface area contributed by atoms with Gasteiger partial charge in [-0.1, -0.05) is 45.2 Å². The van der Waals surface area contributed by atoms with Crippen LogP contribution in [0, 0.1) is 5.82 Å². The summed E-state index contributed by atoms with van der Waals surface area (Å²) in [5.74, 6) is 5.28. The van der Waals surface area contributed by atoms with E-state index in [2.05, 4.69) is 21.4 Å². The van der Waals surface area contributed by atoms with E-state index >= 15 is 0 Å². The highest BCUT2D eigenvalue weighted by atomic mass is 79.9. The third-order valence-electron chi connectivity index (χ3n) is 2.97. The van der Waals surface area contributed by atoms with E-state index in [1.54, 1.807) is 18.2 Å². The molecular weight excluding hydrogens is 366 g/mol. The lowest BCUT2D eigenvalue weighted by Gasteiger charge is -2.18. The van der Waals surface area contributed by atoms with Gasteiger partial charge in [0, 0.05) is 14.5 Å². The highest BCUT2D eigenvalue weighted by Gasteiger charge is 2.16. The van der Waals surface area contributed by atoms with E-state index in [-0.39, 0.29) is 11.9 Å². The fraction of sp³-hybridized carbons (Fsp3) is 0.143. The number of rotatable bonds is 4. The first-order chi connectivity index (χ1) is 9.51. The van der Waals surface area contributed by atoms with Gasteiger partial charge >= 0.3 is 0 Å². The summed E-state index contributed by atoms with van der Waals surface area (Å²) in [7, 11) is 0. The zero-order valence-corrected chi connectivity index (χ0v) is 13.4. The van der Waals surface area contributed by atoms with Crippen LogP contribution >= 0.6 is 39.1 Å². The third kappa shape index (κ3) is 3.71. The molecule has 0 spiro atoms. The van der Waals surface area contributed by atoms with Crippen molar-refractivity contribution in [3.05, 3.63) is 67.9 Å². The summed E-state index contributed by atoms with van der Waals surface area (Å²) in [6.45, 7) is 0. The molecule has 0 aliphatic rings. The van der Waals surface area contributed by atoms with Crippen molar-refractivity contribution in [2.75, 3.05) is 0 Å². The summed E-state index contributed by atoms with van der Waals surface area (Å²) in [5.41, 5.74) is 4.09. The molecule has 1 atom stereocenters. The molecule has 0 fully saturated rings. The van der Waals surface area contributed by atoms with E-state index in [1.807, 2.05) is 6.07 Å². The Morgan fingerprint density at radius 1 is 1.15 bits per heavy atom. The van der Waals surface area contributed by atoms with Gasteiger partial charge in [-0.25, -0.2) is 4.39 Å². The maximum absolute atomic E-state index is 13.8. The molecule has 0 aliphatic carbocycles. The van der Waals surface area contributed by atoms with Crippen molar-refractivity contribution in [3.63, 3.8) is 0 Å². The van der Waals surface area contributed by atoms with Gasteiger partial charge in [0.1, 0.15) is 5.82 Å². The molecular formula is C14H12BrCl2FN2. The molecule has 106 valence electrons. The van der Waals surface area contributed by atoms with Gasteiger partial charge in [0.05, 0.1) is 6.04 Å². The predicted molar refractivity (Wildman–Crippen MR) is 84.3 cm³/mol. The van der Waals surface area contributed by atoms with Crippen LogP contribution in [0.25, 0.3) is 0 Å². The molecule has 20 heavy (non-hydrogen) atoms. The Bertz CT molecular complexity index is 622. The van der Waals surface area contributed by atoms with Gasteiger partial charge < -0.3 is 0 Å². The lowest BCUT2D eigenvalue weighted by Crippen LogP contribution is -2.30. The molecule has 0 aliphatic heterocycles. The fourth-order valence-electron chi connectivity index (χ4n) is 1.96. The van der Waals surface area contributed by atoms with Crippen LogP contribution in [0.15, 0.2) is 40.9 Å². The Labute approximate surface area is 135 Å². The maximum Gasteiger partial charge on any atom is 0.126 e. The van der Waals surface area contributed by atoms with Crippen LogP contribution in [-0.2, 0) is 6.42 Å². The Balaban J connectivity index is 2.31. The Morgan fingerprint density at radius 3 is 2.45 bits per heavy atom. The van der Waals surface area contributed by atoms with E-state index in [9.17, 15) is 4.39 Å². The molecule has 0 radical (unpaired) electrons. The summed E-state index contributed by atoms with van der Waals surface area (Å²) in [6, 6.07) is 9.60. The quantitative estimate of drug-likeness (QED) is 0.601. The topological polar surface area (TPSA) is 38.0 Å². The van der Waals surface area contributed by atoms with Crippen molar-refractivity contribution in [2.24, 2.45) is 5.84 Å². The van der Waals surface area contributed by atoms with E-state index < -0.39 is 0 Å². The summed E-state index contributed by atoms with van der Waals surface area (Å²) < 4.78 is 14.6. The monoisotopic (exact) mass is 376 g/mol. The average molecular weight is 378 g/mol. The SMILES string of the molecule is NNC(Cc1cc(Cl)ccc1F)c1ccc(Cl)cc1Br. The minimum Gasteiger partial charge on any atom is -0.271 e. The van der Waals surface area contributed by atoms with Gasteiger partial charge in [-0.15, -0.1) is 0 Å². The van der Waals surface area contributed by atoms with Crippen LogP contribution in [-0.4, -0.2) is 0 Å². The lowest BCUT2D eigenvalue weighted by atomic mass is 9.99. The molecule has 3 N–H and O–H groups in total. The number of halogens is 4. The lowest BCUT2D eigenvalue weighted by molar-refractivity contribution is 0.527. The standard InChI is InChI=1S/C14H12BrCl2FN2/c15-12-7-10(17)1-3-11(12)14(20-19)6-8-5-9(16)2-4-13(8)18/h1-5,7,14,20H,6,19H2. The Kier molecular flexibility index (Phi) is 5.41. The van der Waals surface area contributed by atoms with Crippen molar-refractivity contribution in [1.29, 1.82) is 0 Å². The van der Waals surface area contributed by atoms with Crippen molar-refractivity contribution in [1.82, 2.24) is 5.43 Å². The molecule has 0 bridgehead atoms. The van der Waals surface area contributed by atoms with Crippen LogP contribution < -0.4 is 11.3 Å². The van der Waals surface area contributed by atoms with E-state index in [0.717, 1.165) is 10.0 Å². The second-order valence-electron chi connectivity index (χ2n) is 4.32. The number of hydrogen-bond acceptors (Lipinski definition) is 2. The highest BCUT2D eigenvalue weighted by Crippen LogP contribution is 2.29. The van der Waals surface area contributed by atoms with Gasteiger partial charge in [-0.3, -0.25) is 11.3 Å². The molecule has 1 unspecified atom stereocenters. The molecule has 0 aromatic heterocycles. The van der Waals surface area contributed by atoms with Crippen molar-refractivity contribution in [3.8, 4) is 0 Å². The number of hydrogen-bond donors (Lipinski definition) is 2. The van der Waals surface area contributed by atoms with Gasteiger partial charge in [0.2, 0.25) is 0 Å². The molecule has 0 saturated heterocycles. The second-order valence-corrected chi connectivity index (χ2v) is 6.05. The molecule has 2 nitrogen and oxygen atoms in total. The van der Waals surface area contributed by atoms with Gasteiger partial charge in [0.15, 0.2) is 0 Å². The molecule has 6 heteroatoms. The van der Waals surface area contributed by atoms with Crippen LogP contribution in [0.4, 0.5) is 4.39 Å². The van der Waals surface area contributed by atoms with E-state index in [1.165, 1.54) is 12.1 Å². The Morgan fingerprint density at radius 2 is 1.80 bits per heavy atom. The third-order valence-corrected chi connectivity index (χ3v) is 4.13. The predicted octanol–water partition coefficient (Wildman–Crippen LogP) is 4.64. The maximum atomic E-state index is 13.8. The van der Waals surface area contributed by atoms with Gasteiger partial charge in [-0.2, -0.15) is 0 Å². The average Bonchev–Trinajstić information content (AvgIpc) is 2.40. The first kappa shape index (κ1) is 15.7. The summed E-state index contributed by atoms with van der Waals surface area (Å²) in [4.78, 5) is 0. The van der Waals surface area contributed by atoms with E-state index in [0.29, 0.717) is 22.0 Å². The molecule has 0 heterocycles. The van der Waals surface area contributed by atoms with Crippen molar-refractivity contribution in [2.45, 2.75) is 12.5 Å². The molecule has 2 aromatic rings. The molecule has 0 amide bonds. The van der Waals surface area contributed by atoms with Crippen LogP contribution in [0.5, 0.6) is 0 Å². The smallest absolute Gasteiger partial charge is 0.126 e. The zero-order chi connectivity index (χ0) is 14.7. The van der Waals surface area contributed by atoms with Gasteiger partial charge in [-0.05, 0) is 47.9 Å². The van der Waals surface area contributed by atoms with Crippen molar-refractivity contribution >= 4 is 39.1 Å². The number of nitrogens with two attached hydrogens (primary N) is 1. The highest BCUT2D eigenvalue weighted by molar-refractivity contribution is 9.10. The first-order valence-corrected chi connectivity index (χ1v) is 7.41. The fourth-order valence-corrected chi connectivity index (χ4v) is 3.12. The van der Waals surface area contributed by atoms with Crippen LogP contribution in [0.3, 0.4) is 0 Å². The number of nitrogens with one attached hydrogen (secondary N) is 1. The minimum absolute atomic E-state index is 0.255. The summed E-state index contributed by atoms with van der Waals surface area (Å²) in [5, 5.41) is 1.11. The normalized spacial score (nSPS) is 12.4. The Hall–Kier alpha value is -0.650. The minimum atomic E-state index is -0.306. The summed E-state index contributed by atoms with van der Waals surface area (Å²) in [6.07, 6.45) is 0.378. The largest absolute Gasteiger partial charge is 0.271 e. The zero-order valence-electron chi connectivity index (χ0n) is 10.3. The first-order valence-electron chi connectivity index (χ1n) is 5.86. The van der Waals surface area contributed by atoms with E-state index in [4.69, 9.17) is 29.0 Å². The second kappa shape index (κ2) is 6.87. The van der Waals surface area contributed by atoms with Crippen molar-refractivity contribution < 1.29 is 4.39 Å². The number of benzene rings is 2. The summed E-state index contributed by atoms with van der Waals surface area (Å²) >= 11 is 15.2. The van der Waals surface area contributed by atoms with Crippen LogP contribution in [0.2, 0.25) is 10.0 Å². The molecule has 2 aromatic carbocycles. The number of hydrazine groups is 1. The molecule has 0 saturated carbocycles. The molecule has 2 rings (SSSR count).